The number of methoxy groups -OCH3 is 1. The number of hydrogen-bond donors (Lipinski definition) is 3. The van der Waals surface area contributed by atoms with Crippen molar-refractivity contribution in [3.63, 3.8) is 0 Å². The third-order valence-electron chi connectivity index (χ3n) is 5.31. The van der Waals surface area contributed by atoms with Gasteiger partial charge in [-0.1, -0.05) is 48.0 Å². The lowest BCUT2D eigenvalue weighted by Crippen LogP contribution is -2.42. The van der Waals surface area contributed by atoms with Crippen LogP contribution in [0.1, 0.15) is 34.2 Å². The number of hydrazine groups is 1. The highest BCUT2D eigenvalue weighted by Gasteiger charge is 2.32. The molecule has 3 aromatic rings. The molecule has 1 amide bonds. The van der Waals surface area contributed by atoms with Gasteiger partial charge in [-0.2, -0.15) is 0 Å². The zero-order valence-corrected chi connectivity index (χ0v) is 18.2. The third-order valence-corrected chi connectivity index (χ3v) is 6.63. The number of nitrogens with one attached hydrogen (secondary N) is 3. The Balaban J connectivity index is 1.39. The van der Waals surface area contributed by atoms with Gasteiger partial charge in [0, 0.05) is 22.5 Å². The number of para-hydroxylation sites is 1. The van der Waals surface area contributed by atoms with Crippen molar-refractivity contribution in [3.8, 4) is 16.3 Å². The van der Waals surface area contributed by atoms with E-state index in [1.54, 1.807) is 18.4 Å². The summed E-state index contributed by atoms with van der Waals surface area (Å²) in [6, 6.07) is 15.9. The summed E-state index contributed by atoms with van der Waals surface area (Å²) in [6.07, 6.45) is 0.675. The Morgan fingerprint density at radius 2 is 1.93 bits per heavy atom. The van der Waals surface area contributed by atoms with E-state index < -0.39 is 0 Å². The number of rotatable bonds is 6. The Morgan fingerprint density at radius 1 is 1.17 bits per heavy atom. The average Bonchev–Trinajstić information content (AvgIpc) is 3.39. The molecule has 1 fully saturated rings. The molecule has 0 aliphatic carbocycles. The van der Waals surface area contributed by atoms with Crippen molar-refractivity contribution in [2.24, 2.45) is 0 Å². The second-order valence-electron chi connectivity index (χ2n) is 7.49. The van der Waals surface area contributed by atoms with E-state index in [1.807, 2.05) is 31.2 Å². The Kier molecular flexibility index (Phi) is 6.13. The summed E-state index contributed by atoms with van der Waals surface area (Å²) in [7, 11) is 1.63. The van der Waals surface area contributed by atoms with Gasteiger partial charge >= 0.3 is 0 Å². The van der Waals surface area contributed by atoms with Crippen LogP contribution in [0.25, 0.3) is 10.6 Å². The van der Waals surface area contributed by atoms with E-state index in [9.17, 15) is 4.79 Å². The molecule has 6 nitrogen and oxygen atoms in total. The summed E-state index contributed by atoms with van der Waals surface area (Å²) in [5.41, 5.74) is 10.7. The third kappa shape index (κ3) is 4.38. The molecule has 1 aliphatic heterocycles. The lowest BCUT2D eigenvalue weighted by atomic mass is 10.1. The van der Waals surface area contributed by atoms with Gasteiger partial charge < -0.3 is 10.1 Å². The fraction of sp³-hybridized carbons (Fsp3) is 0.304. The highest BCUT2D eigenvalue weighted by Crippen LogP contribution is 2.35. The summed E-state index contributed by atoms with van der Waals surface area (Å²) in [4.78, 5) is 18.6. The molecular weight excluding hydrogens is 396 g/mol. The number of benzene rings is 2. The van der Waals surface area contributed by atoms with Crippen LogP contribution in [0.15, 0.2) is 48.5 Å². The minimum Gasteiger partial charge on any atom is -0.496 e. The molecule has 2 unspecified atom stereocenters. The van der Waals surface area contributed by atoms with Crippen LogP contribution in [0, 0.1) is 13.8 Å². The number of hydrogen-bond acceptors (Lipinski definition) is 6. The Morgan fingerprint density at radius 3 is 2.70 bits per heavy atom. The van der Waals surface area contributed by atoms with Crippen molar-refractivity contribution in [1.82, 2.24) is 21.2 Å². The summed E-state index contributed by atoms with van der Waals surface area (Å²) in [6.45, 7) is 4.54. The molecule has 2 heterocycles. The maximum atomic E-state index is 12.7. The number of ether oxygens (including phenoxy) is 1. The largest absolute Gasteiger partial charge is 0.496 e. The minimum absolute atomic E-state index is 0.0307. The van der Waals surface area contributed by atoms with Gasteiger partial charge in [0.2, 0.25) is 5.91 Å². The Bertz CT molecular complexity index is 1030. The van der Waals surface area contributed by atoms with Crippen LogP contribution < -0.4 is 20.9 Å². The van der Waals surface area contributed by atoms with E-state index in [0.29, 0.717) is 13.0 Å². The molecule has 4 rings (SSSR count). The average molecular weight is 423 g/mol. The summed E-state index contributed by atoms with van der Waals surface area (Å²) in [5.74, 6) is 0.744. The van der Waals surface area contributed by atoms with Crippen LogP contribution in [0.3, 0.4) is 0 Å². The van der Waals surface area contributed by atoms with Crippen LogP contribution >= 0.6 is 11.3 Å². The fourth-order valence-electron chi connectivity index (χ4n) is 3.61. The molecular formula is C23H26N4O2S. The first-order valence-electron chi connectivity index (χ1n) is 10.00. The van der Waals surface area contributed by atoms with Gasteiger partial charge in [0.25, 0.3) is 0 Å². The first kappa shape index (κ1) is 20.5. The van der Waals surface area contributed by atoms with Crippen LogP contribution in [-0.2, 0) is 11.3 Å². The van der Waals surface area contributed by atoms with Gasteiger partial charge in [0.15, 0.2) is 0 Å². The topological polar surface area (TPSA) is 75.3 Å². The zero-order chi connectivity index (χ0) is 21.1. The summed E-state index contributed by atoms with van der Waals surface area (Å²) < 4.78 is 5.35. The van der Waals surface area contributed by atoms with E-state index in [-0.39, 0.29) is 18.0 Å². The molecule has 156 valence electrons. The second kappa shape index (κ2) is 8.95. The van der Waals surface area contributed by atoms with E-state index in [4.69, 9.17) is 9.72 Å². The Hall–Kier alpha value is -2.74. The van der Waals surface area contributed by atoms with E-state index in [2.05, 4.69) is 47.4 Å². The number of aromatic nitrogens is 1. The maximum Gasteiger partial charge on any atom is 0.238 e. The van der Waals surface area contributed by atoms with Crippen LogP contribution in [0.4, 0.5) is 0 Å². The summed E-state index contributed by atoms with van der Waals surface area (Å²) in [5, 5.41) is 4.01. The molecule has 1 saturated heterocycles. The van der Waals surface area contributed by atoms with Crippen molar-refractivity contribution >= 4 is 17.2 Å². The van der Waals surface area contributed by atoms with Crippen molar-refractivity contribution in [2.45, 2.75) is 38.9 Å². The molecule has 2 atom stereocenters. The van der Waals surface area contributed by atoms with E-state index in [1.165, 1.54) is 5.56 Å². The molecule has 0 bridgehead atoms. The lowest BCUT2D eigenvalue weighted by Gasteiger charge is -2.12. The normalized spacial score (nSPS) is 18.4. The first-order valence-corrected chi connectivity index (χ1v) is 10.8. The molecule has 30 heavy (non-hydrogen) atoms. The number of nitrogens with zero attached hydrogens (tertiary/aromatic N) is 1. The van der Waals surface area contributed by atoms with Gasteiger partial charge in [-0.05, 0) is 26.3 Å². The highest BCUT2D eigenvalue weighted by atomic mass is 32.1. The zero-order valence-electron chi connectivity index (χ0n) is 17.4. The number of carbonyl (C=O) groups is 1. The quantitative estimate of drug-likeness (QED) is 0.565. The standard InChI is InChI=1S/C23H26N4O2S/c1-14-8-10-16(11-9-14)23-25-15(2)21(30-23)18-12-19(27-26-18)22(28)24-13-17-6-4-5-7-20(17)29-3/h4-11,18-19,26-27H,12-13H2,1-3H3,(H,24,28). The number of thiazole rings is 1. The molecule has 0 saturated carbocycles. The number of amides is 1. The predicted octanol–water partition coefficient (Wildman–Crippen LogP) is 3.66. The smallest absolute Gasteiger partial charge is 0.238 e. The Labute approximate surface area is 180 Å². The van der Waals surface area contributed by atoms with Gasteiger partial charge in [-0.3, -0.25) is 4.79 Å². The molecule has 7 heteroatoms. The van der Waals surface area contributed by atoms with Gasteiger partial charge in [-0.25, -0.2) is 15.8 Å². The van der Waals surface area contributed by atoms with E-state index in [0.717, 1.165) is 32.5 Å². The number of aryl methyl sites for hydroxylation is 2. The van der Waals surface area contributed by atoms with Crippen molar-refractivity contribution < 1.29 is 9.53 Å². The van der Waals surface area contributed by atoms with Gasteiger partial charge in [-0.15, -0.1) is 11.3 Å². The summed E-state index contributed by atoms with van der Waals surface area (Å²) >= 11 is 1.68. The maximum absolute atomic E-state index is 12.7. The number of carbonyl (C=O) groups excluding carboxylic acids is 1. The molecule has 0 spiro atoms. The molecule has 1 aromatic heterocycles. The monoisotopic (exact) mass is 422 g/mol. The van der Waals surface area contributed by atoms with Crippen LogP contribution in [-0.4, -0.2) is 24.0 Å². The van der Waals surface area contributed by atoms with Crippen molar-refractivity contribution in [1.29, 1.82) is 0 Å². The fourth-order valence-corrected chi connectivity index (χ4v) is 4.74. The second-order valence-corrected chi connectivity index (χ2v) is 8.52. The molecule has 0 radical (unpaired) electrons. The molecule has 3 N–H and O–H groups in total. The van der Waals surface area contributed by atoms with Gasteiger partial charge in [0.05, 0.1) is 18.8 Å². The lowest BCUT2D eigenvalue weighted by molar-refractivity contribution is -0.123. The van der Waals surface area contributed by atoms with Crippen molar-refractivity contribution in [3.05, 3.63) is 70.2 Å². The van der Waals surface area contributed by atoms with Crippen molar-refractivity contribution in [2.75, 3.05) is 7.11 Å². The minimum atomic E-state index is -0.297. The predicted molar refractivity (Wildman–Crippen MR) is 119 cm³/mol. The highest BCUT2D eigenvalue weighted by molar-refractivity contribution is 7.15. The van der Waals surface area contributed by atoms with Crippen LogP contribution in [0.2, 0.25) is 0 Å². The molecule has 1 aliphatic rings. The molecule has 2 aromatic carbocycles. The SMILES string of the molecule is COc1ccccc1CNC(=O)C1CC(c2sc(-c3ccc(C)cc3)nc2C)NN1. The van der Waals surface area contributed by atoms with E-state index >= 15 is 0 Å². The van der Waals surface area contributed by atoms with Gasteiger partial charge in [0.1, 0.15) is 16.8 Å². The first-order chi connectivity index (χ1) is 14.5. The van der Waals surface area contributed by atoms with Crippen LogP contribution in [0.5, 0.6) is 5.75 Å².